The Morgan fingerprint density at radius 1 is 1.58 bits per heavy atom. The summed E-state index contributed by atoms with van der Waals surface area (Å²) >= 11 is 2.96. The lowest BCUT2D eigenvalue weighted by Crippen LogP contribution is -2.27. The molecular formula is C7H8BrF2NO. The van der Waals surface area contributed by atoms with Gasteiger partial charge in [-0.1, -0.05) is 0 Å². The quantitative estimate of drug-likeness (QED) is 0.877. The molecule has 0 bridgehead atoms. The molecule has 0 amide bonds. The van der Waals surface area contributed by atoms with Gasteiger partial charge in [0.2, 0.25) is 0 Å². The van der Waals surface area contributed by atoms with Crippen LogP contribution in [-0.2, 0) is 5.92 Å². The van der Waals surface area contributed by atoms with Crippen LogP contribution in [0.15, 0.2) is 21.2 Å². The van der Waals surface area contributed by atoms with Gasteiger partial charge in [0.05, 0.1) is 6.54 Å². The molecule has 0 unspecified atom stereocenters. The van der Waals surface area contributed by atoms with Crippen molar-refractivity contribution < 1.29 is 13.2 Å². The number of hydrogen-bond donors (Lipinski definition) is 1. The lowest BCUT2D eigenvalue weighted by atomic mass is 10.2. The molecule has 0 radical (unpaired) electrons. The van der Waals surface area contributed by atoms with Gasteiger partial charge in [-0.15, -0.1) is 0 Å². The lowest BCUT2D eigenvalue weighted by molar-refractivity contribution is -0.0232. The van der Waals surface area contributed by atoms with Gasteiger partial charge in [0, 0.05) is 0 Å². The molecule has 0 spiro atoms. The number of nitrogens with one attached hydrogen (secondary N) is 1. The predicted octanol–water partition coefficient (Wildman–Crippen LogP) is 2.35. The smallest absolute Gasteiger partial charge is 0.316 e. The van der Waals surface area contributed by atoms with Crippen LogP contribution in [0.4, 0.5) is 8.78 Å². The first kappa shape index (κ1) is 9.67. The van der Waals surface area contributed by atoms with Crippen molar-refractivity contribution in [1.82, 2.24) is 5.32 Å². The molecular weight excluding hydrogens is 232 g/mol. The highest BCUT2D eigenvalue weighted by Crippen LogP contribution is 2.30. The minimum absolute atomic E-state index is 0.313. The van der Waals surface area contributed by atoms with E-state index in [0.29, 0.717) is 4.67 Å². The van der Waals surface area contributed by atoms with E-state index in [1.165, 1.54) is 19.2 Å². The van der Waals surface area contributed by atoms with Gasteiger partial charge < -0.3 is 9.73 Å². The van der Waals surface area contributed by atoms with E-state index < -0.39 is 12.5 Å². The van der Waals surface area contributed by atoms with E-state index in [9.17, 15) is 8.78 Å². The second-order valence-electron chi connectivity index (χ2n) is 2.34. The molecule has 68 valence electrons. The van der Waals surface area contributed by atoms with Crippen molar-refractivity contribution in [1.29, 1.82) is 0 Å². The van der Waals surface area contributed by atoms with Crippen LogP contribution in [0.5, 0.6) is 0 Å². The van der Waals surface area contributed by atoms with Crippen LogP contribution in [0.2, 0.25) is 0 Å². The average Bonchev–Trinajstić information content (AvgIpc) is 2.36. The molecule has 2 nitrogen and oxygen atoms in total. The van der Waals surface area contributed by atoms with Gasteiger partial charge in [-0.25, -0.2) is 0 Å². The van der Waals surface area contributed by atoms with Crippen LogP contribution in [-0.4, -0.2) is 13.6 Å². The van der Waals surface area contributed by atoms with Crippen LogP contribution in [0.1, 0.15) is 5.76 Å². The van der Waals surface area contributed by atoms with Crippen molar-refractivity contribution in [3.05, 3.63) is 22.6 Å². The Balaban J connectivity index is 2.81. The Morgan fingerprint density at radius 2 is 2.25 bits per heavy atom. The zero-order valence-electron chi connectivity index (χ0n) is 6.40. The van der Waals surface area contributed by atoms with Crippen molar-refractivity contribution in [3.63, 3.8) is 0 Å². The number of furan rings is 1. The molecule has 1 aromatic heterocycles. The third-order valence-electron chi connectivity index (χ3n) is 1.33. The molecule has 0 atom stereocenters. The highest BCUT2D eigenvalue weighted by atomic mass is 79.9. The SMILES string of the molecule is CNCC(F)(F)c1ccc(Br)o1. The fourth-order valence-electron chi connectivity index (χ4n) is 0.820. The first-order valence-electron chi connectivity index (χ1n) is 3.34. The average molecular weight is 240 g/mol. The number of halogens is 3. The molecule has 0 aliphatic carbocycles. The van der Waals surface area contributed by atoms with Crippen molar-refractivity contribution >= 4 is 15.9 Å². The van der Waals surface area contributed by atoms with Gasteiger partial charge >= 0.3 is 5.92 Å². The predicted molar refractivity (Wildman–Crippen MR) is 44.2 cm³/mol. The minimum atomic E-state index is -2.94. The van der Waals surface area contributed by atoms with E-state index in [4.69, 9.17) is 4.42 Å². The Bertz CT molecular complexity index is 262. The standard InChI is InChI=1S/C7H8BrF2NO/c1-11-4-7(9,10)5-2-3-6(8)12-5/h2-3,11H,4H2,1H3. The molecule has 0 aliphatic rings. The zero-order valence-corrected chi connectivity index (χ0v) is 7.99. The first-order valence-corrected chi connectivity index (χ1v) is 4.14. The molecule has 12 heavy (non-hydrogen) atoms. The van der Waals surface area contributed by atoms with Gasteiger partial charge in [-0.2, -0.15) is 8.78 Å². The van der Waals surface area contributed by atoms with E-state index in [1.54, 1.807) is 0 Å². The fraction of sp³-hybridized carbons (Fsp3) is 0.429. The van der Waals surface area contributed by atoms with Gasteiger partial charge in [0.1, 0.15) is 0 Å². The Kier molecular flexibility index (Phi) is 2.85. The van der Waals surface area contributed by atoms with Crippen LogP contribution >= 0.6 is 15.9 Å². The second kappa shape index (κ2) is 3.53. The molecule has 0 saturated carbocycles. The van der Waals surface area contributed by atoms with E-state index in [2.05, 4.69) is 21.2 Å². The van der Waals surface area contributed by atoms with Crippen LogP contribution in [0.25, 0.3) is 0 Å². The van der Waals surface area contributed by atoms with Crippen LogP contribution < -0.4 is 5.32 Å². The highest BCUT2D eigenvalue weighted by Gasteiger charge is 2.34. The summed E-state index contributed by atoms with van der Waals surface area (Å²) in [7, 11) is 1.46. The highest BCUT2D eigenvalue weighted by molar-refractivity contribution is 9.10. The van der Waals surface area contributed by atoms with Crippen molar-refractivity contribution in [3.8, 4) is 0 Å². The summed E-state index contributed by atoms with van der Waals surface area (Å²) in [5.41, 5.74) is 0. The largest absolute Gasteiger partial charge is 0.448 e. The number of rotatable bonds is 3. The fourth-order valence-corrected chi connectivity index (χ4v) is 1.13. The van der Waals surface area contributed by atoms with E-state index in [1.807, 2.05) is 0 Å². The van der Waals surface area contributed by atoms with Crippen molar-refractivity contribution in [2.75, 3.05) is 13.6 Å². The van der Waals surface area contributed by atoms with Gasteiger partial charge in [-0.05, 0) is 35.1 Å². The van der Waals surface area contributed by atoms with Crippen LogP contribution in [0, 0.1) is 0 Å². The number of hydrogen-bond acceptors (Lipinski definition) is 2. The third-order valence-corrected chi connectivity index (χ3v) is 1.76. The van der Waals surface area contributed by atoms with Crippen molar-refractivity contribution in [2.45, 2.75) is 5.92 Å². The molecule has 5 heteroatoms. The molecule has 1 rings (SSSR count). The third kappa shape index (κ3) is 2.04. The van der Waals surface area contributed by atoms with Gasteiger partial charge in [0.25, 0.3) is 0 Å². The zero-order chi connectivity index (χ0) is 9.19. The van der Waals surface area contributed by atoms with Crippen LogP contribution in [0.3, 0.4) is 0 Å². The van der Waals surface area contributed by atoms with Crippen molar-refractivity contribution in [2.24, 2.45) is 0 Å². The summed E-state index contributed by atoms with van der Waals surface area (Å²) in [6.07, 6.45) is 0. The first-order chi connectivity index (χ1) is 5.56. The number of likely N-dealkylation sites (N-methyl/N-ethyl adjacent to an activating group) is 1. The maximum atomic E-state index is 13.0. The summed E-state index contributed by atoms with van der Waals surface area (Å²) in [5, 5.41) is 2.39. The maximum Gasteiger partial charge on any atom is 0.316 e. The summed E-state index contributed by atoms with van der Waals surface area (Å²) < 4.78 is 31.0. The van der Waals surface area contributed by atoms with E-state index >= 15 is 0 Å². The minimum Gasteiger partial charge on any atom is -0.448 e. The lowest BCUT2D eigenvalue weighted by Gasteiger charge is -2.11. The van der Waals surface area contributed by atoms with E-state index in [0.717, 1.165) is 0 Å². The molecule has 0 fully saturated rings. The molecule has 1 N–H and O–H groups in total. The molecule has 0 aliphatic heterocycles. The van der Waals surface area contributed by atoms with Gasteiger partial charge in [-0.3, -0.25) is 0 Å². The van der Waals surface area contributed by atoms with E-state index in [-0.39, 0.29) is 5.76 Å². The Morgan fingerprint density at radius 3 is 2.67 bits per heavy atom. The summed E-state index contributed by atoms with van der Waals surface area (Å²) in [6.45, 7) is -0.424. The second-order valence-corrected chi connectivity index (χ2v) is 3.12. The Labute approximate surface area is 77.1 Å². The summed E-state index contributed by atoms with van der Waals surface area (Å²) in [4.78, 5) is 0. The molecule has 1 aromatic rings. The maximum absolute atomic E-state index is 13.0. The molecule has 1 heterocycles. The molecule has 0 aromatic carbocycles. The molecule has 0 saturated heterocycles. The van der Waals surface area contributed by atoms with Gasteiger partial charge in [0.15, 0.2) is 10.4 Å². The summed E-state index contributed by atoms with van der Waals surface area (Å²) in [5.74, 6) is -3.27. The Hall–Kier alpha value is -0.420. The normalized spacial score (nSPS) is 12.0. The summed E-state index contributed by atoms with van der Waals surface area (Å²) in [6, 6.07) is 2.69. The number of alkyl halides is 2. The topological polar surface area (TPSA) is 25.2 Å². The monoisotopic (exact) mass is 239 g/mol.